The summed E-state index contributed by atoms with van der Waals surface area (Å²) in [5, 5.41) is 3.07. The summed E-state index contributed by atoms with van der Waals surface area (Å²) in [7, 11) is 0. The minimum atomic E-state index is 0.137. The number of piperidine rings is 1. The molecule has 88 valence electrons. The fraction of sp³-hybridized carbons (Fsp3) is 0.917. The van der Waals surface area contributed by atoms with Crippen molar-refractivity contribution >= 4 is 6.03 Å². The number of likely N-dealkylation sites (tertiary alicyclic amines) is 1. The molecule has 1 aliphatic heterocycles. The van der Waals surface area contributed by atoms with Crippen molar-refractivity contribution < 1.29 is 4.79 Å². The van der Waals surface area contributed by atoms with E-state index < -0.39 is 0 Å². The molecule has 0 aromatic heterocycles. The van der Waals surface area contributed by atoms with Crippen LogP contribution in [0.15, 0.2) is 0 Å². The van der Waals surface area contributed by atoms with Crippen molar-refractivity contribution in [2.24, 2.45) is 0 Å². The Morgan fingerprint density at radius 1 is 1.33 bits per heavy atom. The Morgan fingerprint density at radius 3 is 2.60 bits per heavy atom. The zero-order chi connectivity index (χ0) is 11.1. The third-order valence-corrected chi connectivity index (χ3v) is 3.00. The molecule has 2 amide bonds. The number of unbranched alkanes of at least 4 members (excludes halogenated alkanes) is 1. The second-order valence-corrected chi connectivity index (χ2v) is 4.54. The lowest BCUT2D eigenvalue weighted by Crippen LogP contribution is -2.45. The molecule has 0 radical (unpaired) electrons. The molecule has 0 aliphatic carbocycles. The first-order chi connectivity index (χ1) is 7.24. The summed E-state index contributed by atoms with van der Waals surface area (Å²) < 4.78 is 0. The summed E-state index contributed by atoms with van der Waals surface area (Å²) in [5.41, 5.74) is 0. The minimum Gasteiger partial charge on any atom is -0.336 e. The van der Waals surface area contributed by atoms with E-state index in [-0.39, 0.29) is 6.03 Å². The summed E-state index contributed by atoms with van der Waals surface area (Å²) >= 11 is 0. The van der Waals surface area contributed by atoms with Gasteiger partial charge in [0, 0.05) is 19.1 Å². The average Bonchev–Trinajstić information content (AvgIpc) is 2.27. The number of amides is 2. The molecule has 1 fully saturated rings. The van der Waals surface area contributed by atoms with E-state index in [1.165, 1.54) is 19.3 Å². The lowest BCUT2D eigenvalue weighted by molar-refractivity contribution is 0.182. The Bertz CT molecular complexity index is 188. The molecule has 1 unspecified atom stereocenters. The van der Waals surface area contributed by atoms with E-state index in [0.29, 0.717) is 6.04 Å². The number of urea groups is 1. The molecule has 1 aliphatic rings. The van der Waals surface area contributed by atoms with Crippen LogP contribution in [-0.4, -0.2) is 30.1 Å². The molecule has 3 heteroatoms. The van der Waals surface area contributed by atoms with E-state index in [4.69, 9.17) is 0 Å². The van der Waals surface area contributed by atoms with Crippen molar-refractivity contribution in [3.8, 4) is 0 Å². The van der Waals surface area contributed by atoms with Gasteiger partial charge in [-0.3, -0.25) is 0 Å². The van der Waals surface area contributed by atoms with Gasteiger partial charge in [-0.15, -0.1) is 0 Å². The fourth-order valence-electron chi connectivity index (χ4n) is 1.98. The molecule has 0 aromatic rings. The van der Waals surface area contributed by atoms with Crippen molar-refractivity contribution in [2.75, 3.05) is 13.1 Å². The van der Waals surface area contributed by atoms with Crippen LogP contribution in [0.2, 0.25) is 0 Å². The molecule has 15 heavy (non-hydrogen) atoms. The first-order valence-electron chi connectivity index (χ1n) is 6.29. The molecule has 0 bridgehead atoms. The molecule has 1 atom stereocenters. The maximum Gasteiger partial charge on any atom is 0.317 e. The predicted molar refractivity (Wildman–Crippen MR) is 62.9 cm³/mol. The van der Waals surface area contributed by atoms with Gasteiger partial charge in [0.05, 0.1) is 0 Å². The van der Waals surface area contributed by atoms with Gasteiger partial charge < -0.3 is 10.2 Å². The van der Waals surface area contributed by atoms with Crippen LogP contribution in [0, 0.1) is 0 Å². The quantitative estimate of drug-likeness (QED) is 0.763. The second-order valence-electron chi connectivity index (χ2n) is 4.54. The van der Waals surface area contributed by atoms with Gasteiger partial charge >= 0.3 is 6.03 Å². The maximum atomic E-state index is 11.8. The molecule has 0 saturated carbocycles. The number of nitrogens with zero attached hydrogens (tertiary/aromatic N) is 1. The van der Waals surface area contributed by atoms with Crippen LogP contribution >= 0.6 is 0 Å². The summed E-state index contributed by atoms with van der Waals surface area (Å²) in [6, 6.07) is 0.456. The van der Waals surface area contributed by atoms with Gasteiger partial charge in [-0.2, -0.15) is 0 Å². The molecule has 0 spiro atoms. The number of carbonyl (C=O) groups excluding carboxylic acids is 1. The van der Waals surface area contributed by atoms with Crippen LogP contribution < -0.4 is 5.32 Å². The van der Waals surface area contributed by atoms with Crippen molar-refractivity contribution in [1.82, 2.24) is 10.2 Å². The van der Waals surface area contributed by atoms with Gasteiger partial charge in [-0.05, 0) is 32.6 Å². The molecule has 0 aromatic carbocycles. The largest absolute Gasteiger partial charge is 0.336 e. The Balaban J connectivity index is 2.21. The highest BCUT2D eigenvalue weighted by Crippen LogP contribution is 2.09. The molecule has 1 saturated heterocycles. The zero-order valence-electron chi connectivity index (χ0n) is 10.1. The number of hydrogen-bond donors (Lipinski definition) is 1. The fourth-order valence-corrected chi connectivity index (χ4v) is 1.98. The van der Waals surface area contributed by atoms with E-state index in [1.54, 1.807) is 0 Å². The highest BCUT2D eigenvalue weighted by molar-refractivity contribution is 5.74. The predicted octanol–water partition coefficient (Wildman–Crippen LogP) is 2.76. The van der Waals surface area contributed by atoms with Gasteiger partial charge in [0.1, 0.15) is 0 Å². The smallest absolute Gasteiger partial charge is 0.317 e. The third-order valence-electron chi connectivity index (χ3n) is 3.00. The summed E-state index contributed by atoms with van der Waals surface area (Å²) in [6.45, 7) is 6.15. The summed E-state index contributed by atoms with van der Waals surface area (Å²) in [4.78, 5) is 13.7. The molecular weight excluding hydrogens is 188 g/mol. The summed E-state index contributed by atoms with van der Waals surface area (Å²) in [5.74, 6) is 0. The van der Waals surface area contributed by atoms with Crippen LogP contribution in [0.1, 0.15) is 52.4 Å². The Hall–Kier alpha value is -0.730. The van der Waals surface area contributed by atoms with E-state index in [1.807, 2.05) is 4.90 Å². The minimum absolute atomic E-state index is 0.137. The molecule has 1 rings (SSSR count). The molecule has 1 heterocycles. The molecule has 1 N–H and O–H groups in total. The number of nitrogens with one attached hydrogen (secondary N) is 1. The zero-order valence-corrected chi connectivity index (χ0v) is 10.1. The van der Waals surface area contributed by atoms with Crippen LogP contribution in [0.4, 0.5) is 4.79 Å². The normalized spacial score (nSPS) is 18.7. The van der Waals surface area contributed by atoms with Crippen LogP contribution in [0.25, 0.3) is 0 Å². The van der Waals surface area contributed by atoms with Gasteiger partial charge in [-0.25, -0.2) is 4.79 Å². The first kappa shape index (κ1) is 12.3. The van der Waals surface area contributed by atoms with Crippen molar-refractivity contribution in [2.45, 2.75) is 58.4 Å². The van der Waals surface area contributed by atoms with Crippen LogP contribution in [0.5, 0.6) is 0 Å². The third kappa shape index (κ3) is 4.54. The second kappa shape index (κ2) is 6.70. The van der Waals surface area contributed by atoms with E-state index in [9.17, 15) is 4.79 Å². The van der Waals surface area contributed by atoms with Gasteiger partial charge in [0.15, 0.2) is 0 Å². The maximum absolute atomic E-state index is 11.8. The topological polar surface area (TPSA) is 32.3 Å². The average molecular weight is 212 g/mol. The van der Waals surface area contributed by atoms with Crippen molar-refractivity contribution in [1.29, 1.82) is 0 Å². The van der Waals surface area contributed by atoms with Crippen LogP contribution in [-0.2, 0) is 0 Å². The Morgan fingerprint density at radius 2 is 2.00 bits per heavy atom. The van der Waals surface area contributed by atoms with E-state index in [0.717, 1.165) is 32.4 Å². The lowest BCUT2D eigenvalue weighted by atomic mass is 10.1. The van der Waals surface area contributed by atoms with E-state index in [2.05, 4.69) is 19.2 Å². The Labute approximate surface area is 93.2 Å². The van der Waals surface area contributed by atoms with Crippen molar-refractivity contribution in [3.05, 3.63) is 0 Å². The van der Waals surface area contributed by atoms with Gasteiger partial charge in [0.25, 0.3) is 0 Å². The number of carbonyl (C=O) groups is 1. The van der Waals surface area contributed by atoms with Crippen LogP contribution in [0.3, 0.4) is 0 Å². The standard InChI is InChI=1S/C12H24N2O/c1-3-4-8-11(2)13-12(15)14-9-6-5-7-10-14/h11H,3-10H2,1-2H3,(H,13,15). The van der Waals surface area contributed by atoms with Gasteiger partial charge in [0.2, 0.25) is 0 Å². The monoisotopic (exact) mass is 212 g/mol. The highest BCUT2D eigenvalue weighted by atomic mass is 16.2. The van der Waals surface area contributed by atoms with Crippen molar-refractivity contribution in [3.63, 3.8) is 0 Å². The number of rotatable bonds is 4. The van der Waals surface area contributed by atoms with Gasteiger partial charge in [-0.1, -0.05) is 19.8 Å². The number of hydrogen-bond acceptors (Lipinski definition) is 1. The molecule has 3 nitrogen and oxygen atoms in total. The SMILES string of the molecule is CCCCC(C)NC(=O)N1CCCCC1. The highest BCUT2D eigenvalue weighted by Gasteiger charge is 2.17. The summed E-state index contributed by atoms with van der Waals surface area (Å²) in [6.07, 6.45) is 7.09. The first-order valence-corrected chi connectivity index (χ1v) is 6.29. The van der Waals surface area contributed by atoms with E-state index >= 15 is 0 Å². The Kier molecular flexibility index (Phi) is 5.51. The lowest BCUT2D eigenvalue weighted by Gasteiger charge is -2.28. The molecular formula is C12H24N2O.